The molecule has 0 bridgehead atoms. The number of carbonyl (C=O) groups is 1. The molecule has 1 N–H and O–H groups in total. The number of amides is 1. The van der Waals surface area contributed by atoms with Gasteiger partial charge < -0.3 is 14.8 Å². The van der Waals surface area contributed by atoms with E-state index < -0.39 is 0 Å². The Bertz CT molecular complexity index is 1000. The van der Waals surface area contributed by atoms with Crippen molar-refractivity contribution >= 4 is 11.7 Å². The Balaban J connectivity index is 1.50. The lowest BCUT2D eigenvalue weighted by Gasteiger charge is -2.23. The highest BCUT2D eigenvalue weighted by Gasteiger charge is 2.43. The Hall–Kier alpha value is -3.42. The average Bonchev–Trinajstić information content (AvgIpc) is 3.55. The van der Waals surface area contributed by atoms with Crippen LogP contribution in [0.5, 0.6) is 5.75 Å². The summed E-state index contributed by atoms with van der Waals surface area (Å²) in [6.07, 6.45) is 3.89. The van der Waals surface area contributed by atoms with E-state index in [9.17, 15) is 10.1 Å². The smallest absolute Gasteiger partial charge is 0.230 e. The van der Waals surface area contributed by atoms with Gasteiger partial charge in [-0.1, -0.05) is 6.07 Å². The summed E-state index contributed by atoms with van der Waals surface area (Å²) in [5, 5.41) is 21.2. The van der Waals surface area contributed by atoms with Gasteiger partial charge in [-0.2, -0.15) is 10.5 Å². The minimum absolute atomic E-state index is 0.0594. The quantitative estimate of drug-likeness (QED) is 0.842. The van der Waals surface area contributed by atoms with Crippen molar-refractivity contribution in [3.05, 3.63) is 42.1 Å². The van der Waals surface area contributed by atoms with Crippen LogP contribution in [-0.4, -0.2) is 30.2 Å². The first-order valence-corrected chi connectivity index (χ1v) is 9.63. The van der Waals surface area contributed by atoms with Gasteiger partial charge in [0.2, 0.25) is 5.91 Å². The maximum Gasteiger partial charge on any atom is 0.230 e. The van der Waals surface area contributed by atoms with Crippen molar-refractivity contribution < 1.29 is 14.3 Å². The summed E-state index contributed by atoms with van der Waals surface area (Å²) in [4.78, 5) is 16.3. The summed E-state index contributed by atoms with van der Waals surface area (Å²) in [6.45, 7) is 1.35. The SMILES string of the molecule is N#Cc1cc(-c2ccnc(NC(=O)C3CC3C#N)c2)ccc1OC1CCOCC1. The third kappa shape index (κ3) is 4.37. The fourth-order valence-electron chi connectivity index (χ4n) is 3.40. The lowest BCUT2D eigenvalue weighted by molar-refractivity contribution is -0.117. The third-order valence-electron chi connectivity index (χ3n) is 5.20. The van der Waals surface area contributed by atoms with E-state index in [0.29, 0.717) is 36.8 Å². The van der Waals surface area contributed by atoms with Crippen molar-refractivity contribution in [1.29, 1.82) is 10.5 Å². The lowest BCUT2D eigenvalue weighted by atomic mass is 10.0. The molecule has 2 aliphatic rings. The molecular weight excluding hydrogens is 368 g/mol. The molecule has 7 heteroatoms. The van der Waals surface area contributed by atoms with Gasteiger partial charge in [0.25, 0.3) is 0 Å². The predicted octanol–water partition coefficient (Wildman–Crippen LogP) is 3.28. The maximum absolute atomic E-state index is 12.2. The highest BCUT2D eigenvalue weighted by molar-refractivity contribution is 5.94. The van der Waals surface area contributed by atoms with Crippen LogP contribution in [0.2, 0.25) is 0 Å². The highest BCUT2D eigenvalue weighted by Crippen LogP contribution is 2.38. The Kier molecular flexibility index (Phi) is 5.41. The molecule has 1 aromatic heterocycles. The number of aromatic nitrogens is 1. The van der Waals surface area contributed by atoms with E-state index in [0.717, 1.165) is 24.0 Å². The Labute approximate surface area is 168 Å². The Morgan fingerprint density at radius 3 is 2.69 bits per heavy atom. The Morgan fingerprint density at radius 1 is 1.17 bits per heavy atom. The molecule has 2 fully saturated rings. The van der Waals surface area contributed by atoms with Crippen LogP contribution in [0.15, 0.2) is 36.5 Å². The van der Waals surface area contributed by atoms with E-state index in [1.54, 1.807) is 18.3 Å². The summed E-state index contributed by atoms with van der Waals surface area (Å²) in [5.74, 6) is 0.371. The van der Waals surface area contributed by atoms with Crippen LogP contribution in [-0.2, 0) is 9.53 Å². The molecule has 2 aromatic rings. The molecule has 2 heterocycles. The number of pyridine rings is 1. The topological polar surface area (TPSA) is 108 Å². The standard InChI is InChI=1S/C22H20N4O3/c23-12-16-10-19(16)22(27)26-21-11-15(3-6-25-21)14-1-2-20(17(9-14)13-24)29-18-4-7-28-8-5-18/h1-3,6,9,11,16,18-19H,4-5,7-8,10H2,(H,25,26,27). The van der Waals surface area contributed by atoms with E-state index in [2.05, 4.69) is 22.4 Å². The fourth-order valence-corrected chi connectivity index (χ4v) is 3.40. The number of nitriles is 2. The van der Waals surface area contributed by atoms with E-state index in [1.165, 1.54) is 0 Å². The molecule has 2 atom stereocenters. The van der Waals surface area contributed by atoms with Crippen LogP contribution in [0.25, 0.3) is 11.1 Å². The number of hydrogen-bond acceptors (Lipinski definition) is 6. The monoisotopic (exact) mass is 388 g/mol. The number of rotatable bonds is 5. The molecule has 0 spiro atoms. The summed E-state index contributed by atoms with van der Waals surface area (Å²) in [5.41, 5.74) is 2.13. The zero-order valence-electron chi connectivity index (χ0n) is 15.8. The summed E-state index contributed by atoms with van der Waals surface area (Å²) in [7, 11) is 0. The number of ether oxygens (including phenoxy) is 2. The van der Waals surface area contributed by atoms with E-state index >= 15 is 0 Å². The van der Waals surface area contributed by atoms with Crippen LogP contribution in [0, 0.1) is 34.5 Å². The highest BCUT2D eigenvalue weighted by atomic mass is 16.5. The second-order valence-corrected chi connectivity index (χ2v) is 7.25. The molecule has 1 aliphatic heterocycles. The first-order chi connectivity index (χ1) is 14.2. The van der Waals surface area contributed by atoms with Gasteiger partial charge in [0.15, 0.2) is 0 Å². The van der Waals surface area contributed by atoms with Crippen molar-refractivity contribution in [3.8, 4) is 29.0 Å². The van der Waals surface area contributed by atoms with Gasteiger partial charge in [-0.15, -0.1) is 0 Å². The summed E-state index contributed by atoms with van der Waals surface area (Å²) in [6, 6.07) is 13.4. The molecule has 4 rings (SSSR count). The number of hydrogen-bond donors (Lipinski definition) is 1. The zero-order valence-corrected chi connectivity index (χ0v) is 15.8. The molecule has 2 unspecified atom stereocenters. The second kappa shape index (κ2) is 8.30. The molecule has 1 saturated carbocycles. The van der Waals surface area contributed by atoms with Gasteiger partial charge in [0, 0.05) is 19.0 Å². The molecule has 0 radical (unpaired) electrons. The third-order valence-corrected chi connectivity index (χ3v) is 5.20. The van der Waals surface area contributed by atoms with E-state index in [-0.39, 0.29) is 23.8 Å². The van der Waals surface area contributed by atoms with Crippen molar-refractivity contribution in [3.63, 3.8) is 0 Å². The summed E-state index contributed by atoms with van der Waals surface area (Å²) >= 11 is 0. The number of anilines is 1. The largest absolute Gasteiger partial charge is 0.489 e. The second-order valence-electron chi connectivity index (χ2n) is 7.25. The zero-order chi connectivity index (χ0) is 20.2. The molecular formula is C22H20N4O3. The predicted molar refractivity (Wildman–Crippen MR) is 105 cm³/mol. The van der Waals surface area contributed by atoms with Crippen LogP contribution in [0.1, 0.15) is 24.8 Å². The lowest BCUT2D eigenvalue weighted by Crippen LogP contribution is -2.26. The average molecular weight is 388 g/mol. The first kappa shape index (κ1) is 18.9. The van der Waals surface area contributed by atoms with Crippen LogP contribution >= 0.6 is 0 Å². The molecule has 1 amide bonds. The molecule has 1 saturated heterocycles. The van der Waals surface area contributed by atoms with Crippen LogP contribution < -0.4 is 10.1 Å². The molecule has 7 nitrogen and oxygen atoms in total. The normalized spacial score (nSPS) is 20.9. The van der Waals surface area contributed by atoms with Gasteiger partial charge in [0.1, 0.15) is 23.7 Å². The minimum Gasteiger partial charge on any atom is -0.489 e. The van der Waals surface area contributed by atoms with Crippen LogP contribution in [0.4, 0.5) is 5.82 Å². The fraction of sp³-hybridized carbons (Fsp3) is 0.364. The van der Waals surface area contributed by atoms with Gasteiger partial charge in [-0.05, 0) is 41.8 Å². The molecule has 29 heavy (non-hydrogen) atoms. The van der Waals surface area contributed by atoms with Crippen molar-refractivity contribution in [2.75, 3.05) is 18.5 Å². The number of carbonyl (C=O) groups excluding carboxylic acids is 1. The summed E-state index contributed by atoms with van der Waals surface area (Å²) < 4.78 is 11.3. The van der Waals surface area contributed by atoms with Crippen molar-refractivity contribution in [2.24, 2.45) is 11.8 Å². The molecule has 1 aromatic carbocycles. The number of nitrogens with zero attached hydrogens (tertiary/aromatic N) is 3. The van der Waals surface area contributed by atoms with Crippen LogP contribution in [0.3, 0.4) is 0 Å². The van der Waals surface area contributed by atoms with Gasteiger partial charge in [0.05, 0.1) is 36.7 Å². The maximum atomic E-state index is 12.2. The van der Waals surface area contributed by atoms with Gasteiger partial charge in [-0.25, -0.2) is 4.98 Å². The minimum atomic E-state index is -0.253. The Morgan fingerprint density at radius 2 is 1.97 bits per heavy atom. The van der Waals surface area contributed by atoms with E-state index in [1.807, 2.05) is 18.2 Å². The van der Waals surface area contributed by atoms with Crippen molar-refractivity contribution in [2.45, 2.75) is 25.4 Å². The van der Waals surface area contributed by atoms with Crippen molar-refractivity contribution in [1.82, 2.24) is 4.98 Å². The van der Waals surface area contributed by atoms with Gasteiger partial charge >= 0.3 is 0 Å². The number of nitrogens with one attached hydrogen (secondary N) is 1. The van der Waals surface area contributed by atoms with E-state index in [4.69, 9.17) is 14.7 Å². The van der Waals surface area contributed by atoms with Gasteiger partial charge in [-0.3, -0.25) is 4.79 Å². The molecule has 146 valence electrons. The molecule has 1 aliphatic carbocycles. The first-order valence-electron chi connectivity index (χ1n) is 9.63. The number of benzene rings is 1.